The van der Waals surface area contributed by atoms with Crippen LogP contribution in [-0.2, 0) is 4.79 Å². The molecule has 0 aliphatic rings. The van der Waals surface area contributed by atoms with Gasteiger partial charge in [-0.1, -0.05) is 43.9 Å². The Hall–Kier alpha value is -2.35. The van der Waals surface area contributed by atoms with E-state index < -0.39 is 0 Å². The molecule has 0 radical (unpaired) electrons. The number of anilines is 3. The number of hydrogen-bond donors (Lipinski definition) is 2. The van der Waals surface area contributed by atoms with E-state index in [1.165, 1.54) is 43.7 Å². The monoisotopic (exact) mass is 375 g/mol. The van der Waals surface area contributed by atoms with Crippen LogP contribution in [0.3, 0.4) is 0 Å². The minimum absolute atomic E-state index is 0.0266. The van der Waals surface area contributed by atoms with Crippen LogP contribution >= 0.6 is 11.3 Å². The van der Waals surface area contributed by atoms with Gasteiger partial charge in [0.05, 0.1) is 11.1 Å². The van der Waals surface area contributed by atoms with Crippen LogP contribution in [0.4, 0.5) is 16.8 Å². The van der Waals surface area contributed by atoms with E-state index in [0.717, 1.165) is 12.8 Å². The number of aryl methyl sites for hydroxylation is 1. The number of hydrogen-bond acceptors (Lipinski definition) is 7. The summed E-state index contributed by atoms with van der Waals surface area (Å²) in [4.78, 5) is 36.7. The third kappa shape index (κ3) is 6.51. The molecule has 26 heavy (non-hydrogen) atoms. The first kappa shape index (κ1) is 20.0. The molecule has 1 amide bonds. The second-order valence-corrected chi connectivity index (χ2v) is 7.14. The first-order valence-corrected chi connectivity index (χ1v) is 9.69. The van der Waals surface area contributed by atoms with Gasteiger partial charge in [0.1, 0.15) is 17.5 Å². The average molecular weight is 375 g/mol. The number of unbranched alkanes of at least 4 members (excludes halogenated alkanes) is 4. The van der Waals surface area contributed by atoms with E-state index in [9.17, 15) is 9.59 Å². The Balaban J connectivity index is 1.93. The number of carbonyl (C=O) groups excluding carboxylic acids is 2. The highest BCUT2D eigenvalue weighted by molar-refractivity contribution is 7.17. The largest absolute Gasteiger partial charge is 0.316 e. The van der Waals surface area contributed by atoms with Crippen LogP contribution in [0, 0.1) is 6.92 Å². The van der Waals surface area contributed by atoms with E-state index >= 15 is 0 Å². The van der Waals surface area contributed by atoms with Crippen molar-refractivity contribution in [2.45, 2.75) is 59.3 Å². The maximum Gasteiger partial charge on any atom is 0.225 e. The Kier molecular flexibility index (Phi) is 7.65. The second kappa shape index (κ2) is 9.96. The predicted octanol–water partition coefficient (Wildman–Crippen LogP) is 4.49. The Morgan fingerprint density at radius 1 is 1.12 bits per heavy atom. The molecule has 0 aliphatic carbocycles. The Bertz CT molecular complexity index is 760. The minimum Gasteiger partial charge on any atom is -0.316 e. The minimum atomic E-state index is -0.0429. The van der Waals surface area contributed by atoms with Crippen LogP contribution in [0.1, 0.15) is 67.9 Å². The molecule has 0 aliphatic heterocycles. The Morgan fingerprint density at radius 3 is 2.54 bits per heavy atom. The highest BCUT2D eigenvalue weighted by Crippen LogP contribution is 2.23. The van der Waals surface area contributed by atoms with E-state index in [0.29, 0.717) is 33.9 Å². The third-order valence-electron chi connectivity index (χ3n) is 3.70. The standard InChI is InChI=1S/C18H25N5O2S/c1-4-5-6-7-8-9-17(25)22-15-10-16(21-13(3)20-15)23-18-19-11-14(26-18)12(2)24/h10-11H,4-9H2,1-3H3,(H2,19,20,21,22,23,25). The van der Waals surface area contributed by atoms with Crippen LogP contribution in [0.2, 0.25) is 0 Å². The number of nitrogens with one attached hydrogen (secondary N) is 2. The van der Waals surface area contributed by atoms with E-state index in [4.69, 9.17) is 0 Å². The number of ketones is 1. The third-order valence-corrected chi connectivity index (χ3v) is 4.71. The summed E-state index contributed by atoms with van der Waals surface area (Å²) in [6, 6.07) is 1.66. The summed E-state index contributed by atoms with van der Waals surface area (Å²) >= 11 is 1.26. The number of carbonyl (C=O) groups is 2. The number of amides is 1. The summed E-state index contributed by atoms with van der Waals surface area (Å²) in [5.74, 6) is 1.46. The SMILES string of the molecule is CCCCCCCC(=O)Nc1cc(Nc2ncc(C(C)=O)s2)nc(C)n1. The fourth-order valence-electron chi connectivity index (χ4n) is 2.39. The fourth-order valence-corrected chi connectivity index (χ4v) is 3.11. The molecule has 2 rings (SSSR count). The summed E-state index contributed by atoms with van der Waals surface area (Å²) in [5.41, 5.74) is 0. The molecule has 7 nitrogen and oxygen atoms in total. The highest BCUT2D eigenvalue weighted by Gasteiger charge is 2.10. The molecular formula is C18H25N5O2S. The molecule has 2 aromatic heterocycles. The fraction of sp³-hybridized carbons (Fsp3) is 0.500. The van der Waals surface area contributed by atoms with E-state index in [-0.39, 0.29) is 11.7 Å². The lowest BCUT2D eigenvalue weighted by molar-refractivity contribution is -0.116. The Labute approximate surface area is 157 Å². The zero-order valence-corrected chi connectivity index (χ0v) is 16.3. The van der Waals surface area contributed by atoms with Gasteiger partial charge in [-0.2, -0.15) is 0 Å². The smallest absolute Gasteiger partial charge is 0.225 e. The van der Waals surface area contributed by atoms with Crippen molar-refractivity contribution < 1.29 is 9.59 Å². The van der Waals surface area contributed by atoms with Crippen molar-refractivity contribution >= 4 is 39.8 Å². The van der Waals surface area contributed by atoms with Crippen LogP contribution in [0.25, 0.3) is 0 Å². The van der Waals surface area contributed by atoms with Crippen molar-refractivity contribution in [3.63, 3.8) is 0 Å². The van der Waals surface area contributed by atoms with Crippen LogP contribution in [-0.4, -0.2) is 26.6 Å². The molecule has 0 fully saturated rings. The summed E-state index contributed by atoms with van der Waals surface area (Å²) in [5, 5.41) is 6.45. The van der Waals surface area contributed by atoms with Gasteiger partial charge in [-0.3, -0.25) is 9.59 Å². The van der Waals surface area contributed by atoms with Crippen molar-refractivity contribution in [1.29, 1.82) is 0 Å². The second-order valence-electron chi connectivity index (χ2n) is 6.11. The summed E-state index contributed by atoms with van der Waals surface area (Å²) in [6.45, 7) is 5.43. The molecule has 140 valence electrons. The van der Waals surface area contributed by atoms with Crippen molar-refractivity contribution in [2.75, 3.05) is 10.6 Å². The maximum absolute atomic E-state index is 12.1. The van der Waals surface area contributed by atoms with Crippen LogP contribution in [0.15, 0.2) is 12.3 Å². The normalized spacial score (nSPS) is 10.6. The lowest BCUT2D eigenvalue weighted by atomic mass is 10.1. The Morgan fingerprint density at radius 2 is 1.85 bits per heavy atom. The maximum atomic E-state index is 12.1. The van der Waals surface area contributed by atoms with E-state index in [1.54, 1.807) is 13.0 Å². The zero-order valence-electron chi connectivity index (χ0n) is 15.5. The molecule has 0 unspecified atom stereocenters. The lowest BCUT2D eigenvalue weighted by Gasteiger charge is -2.08. The first-order valence-electron chi connectivity index (χ1n) is 8.87. The number of thiazole rings is 1. The molecule has 2 N–H and O–H groups in total. The lowest BCUT2D eigenvalue weighted by Crippen LogP contribution is -2.13. The zero-order chi connectivity index (χ0) is 18.9. The van der Waals surface area contributed by atoms with Gasteiger partial charge in [0.2, 0.25) is 5.91 Å². The number of rotatable bonds is 10. The van der Waals surface area contributed by atoms with Gasteiger partial charge in [0.25, 0.3) is 0 Å². The van der Waals surface area contributed by atoms with Crippen LogP contribution < -0.4 is 10.6 Å². The molecule has 8 heteroatoms. The molecule has 0 bridgehead atoms. The quantitative estimate of drug-likeness (QED) is 0.469. The van der Waals surface area contributed by atoms with Gasteiger partial charge >= 0.3 is 0 Å². The van der Waals surface area contributed by atoms with Crippen molar-refractivity contribution in [3.8, 4) is 0 Å². The van der Waals surface area contributed by atoms with Gasteiger partial charge < -0.3 is 10.6 Å². The number of nitrogens with zero attached hydrogens (tertiary/aromatic N) is 3. The molecule has 0 atom stereocenters. The molecule has 0 saturated heterocycles. The topological polar surface area (TPSA) is 96.9 Å². The van der Waals surface area contributed by atoms with E-state index in [2.05, 4.69) is 32.5 Å². The van der Waals surface area contributed by atoms with Gasteiger partial charge in [-0.05, 0) is 13.3 Å². The summed E-state index contributed by atoms with van der Waals surface area (Å²) < 4.78 is 0. The van der Waals surface area contributed by atoms with Gasteiger partial charge in [-0.25, -0.2) is 15.0 Å². The number of aromatic nitrogens is 3. The first-order chi connectivity index (χ1) is 12.5. The molecule has 0 saturated carbocycles. The summed E-state index contributed by atoms with van der Waals surface area (Å²) in [7, 11) is 0. The molecule has 2 heterocycles. The molecular weight excluding hydrogens is 350 g/mol. The van der Waals surface area contributed by atoms with Crippen LogP contribution in [0.5, 0.6) is 0 Å². The van der Waals surface area contributed by atoms with Gasteiger partial charge in [-0.15, -0.1) is 0 Å². The van der Waals surface area contributed by atoms with Crippen molar-refractivity contribution in [3.05, 3.63) is 23.0 Å². The average Bonchev–Trinajstić information content (AvgIpc) is 3.03. The summed E-state index contributed by atoms with van der Waals surface area (Å²) in [6.07, 6.45) is 7.54. The highest BCUT2D eigenvalue weighted by atomic mass is 32.1. The van der Waals surface area contributed by atoms with Crippen molar-refractivity contribution in [1.82, 2.24) is 15.0 Å². The molecule has 0 spiro atoms. The predicted molar refractivity (Wildman–Crippen MR) is 104 cm³/mol. The van der Waals surface area contributed by atoms with Crippen molar-refractivity contribution in [2.24, 2.45) is 0 Å². The molecule has 0 aromatic carbocycles. The van der Waals surface area contributed by atoms with Gasteiger partial charge in [0.15, 0.2) is 10.9 Å². The van der Waals surface area contributed by atoms with E-state index in [1.807, 2.05) is 0 Å². The van der Waals surface area contributed by atoms with Gasteiger partial charge in [0, 0.05) is 19.4 Å². The number of Topliss-reactive ketones (excluding diaryl/α,β-unsaturated/α-hetero) is 1. The molecule has 2 aromatic rings.